The standard InChI is InChI=1S/C13H17NOS/c1-13(2,7-8-15)14-11-9-16-12-6-4-3-5-10(11)12/h3-6,9,14-15H,7-8H2,1-2H3. The minimum Gasteiger partial charge on any atom is -0.396 e. The van der Waals surface area contributed by atoms with Crippen molar-refractivity contribution in [3.8, 4) is 0 Å². The molecule has 0 amide bonds. The average molecular weight is 235 g/mol. The SMILES string of the molecule is CC(C)(CCO)Nc1csc2ccccc12. The highest BCUT2D eigenvalue weighted by molar-refractivity contribution is 7.17. The first-order valence-electron chi connectivity index (χ1n) is 5.48. The van der Waals surface area contributed by atoms with Crippen LogP contribution in [0.25, 0.3) is 10.1 Å². The van der Waals surface area contributed by atoms with Crippen molar-refractivity contribution in [3.05, 3.63) is 29.6 Å². The zero-order chi connectivity index (χ0) is 11.6. The third-order valence-electron chi connectivity index (χ3n) is 2.69. The molecule has 3 heteroatoms. The fourth-order valence-corrected chi connectivity index (χ4v) is 2.67. The summed E-state index contributed by atoms with van der Waals surface area (Å²) in [4.78, 5) is 0. The molecule has 2 nitrogen and oxygen atoms in total. The molecule has 0 fully saturated rings. The molecule has 0 spiro atoms. The Bertz CT molecular complexity index is 475. The lowest BCUT2D eigenvalue weighted by Crippen LogP contribution is -2.31. The summed E-state index contributed by atoms with van der Waals surface area (Å²) in [6.07, 6.45) is 0.747. The lowest BCUT2D eigenvalue weighted by molar-refractivity contribution is 0.261. The number of aliphatic hydroxyl groups is 1. The molecule has 2 rings (SSSR count). The van der Waals surface area contributed by atoms with Crippen molar-refractivity contribution < 1.29 is 5.11 Å². The minimum absolute atomic E-state index is 0.0708. The summed E-state index contributed by atoms with van der Waals surface area (Å²) in [7, 11) is 0. The molecule has 0 bridgehead atoms. The minimum atomic E-state index is -0.0708. The zero-order valence-corrected chi connectivity index (χ0v) is 10.5. The second kappa shape index (κ2) is 4.44. The Labute approximate surface area is 99.9 Å². The largest absolute Gasteiger partial charge is 0.396 e. The van der Waals surface area contributed by atoms with Gasteiger partial charge in [0.05, 0.1) is 5.69 Å². The van der Waals surface area contributed by atoms with Crippen LogP contribution >= 0.6 is 11.3 Å². The number of benzene rings is 1. The monoisotopic (exact) mass is 235 g/mol. The van der Waals surface area contributed by atoms with Gasteiger partial charge in [0, 0.05) is 27.6 Å². The number of rotatable bonds is 4. The fraction of sp³-hybridized carbons (Fsp3) is 0.385. The summed E-state index contributed by atoms with van der Waals surface area (Å²) in [5, 5.41) is 15.9. The summed E-state index contributed by atoms with van der Waals surface area (Å²) >= 11 is 1.75. The second-order valence-electron chi connectivity index (χ2n) is 4.63. The van der Waals surface area contributed by atoms with Crippen molar-refractivity contribution in [2.45, 2.75) is 25.8 Å². The van der Waals surface area contributed by atoms with Gasteiger partial charge in [0.15, 0.2) is 0 Å². The van der Waals surface area contributed by atoms with Crippen LogP contribution in [0.5, 0.6) is 0 Å². The van der Waals surface area contributed by atoms with E-state index in [0.717, 1.165) is 6.42 Å². The van der Waals surface area contributed by atoms with Crippen LogP contribution in [-0.4, -0.2) is 17.3 Å². The quantitative estimate of drug-likeness (QED) is 0.850. The molecule has 0 aliphatic heterocycles. The zero-order valence-electron chi connectivity index (χ0n) is 9.66. The lowest BCUT2D eigenvalue weighted by atomic mass is 10.0. The van der Waals surface area contributed by atoms with Gasteiger partial charge in [-0.2, -0.15) is 0 Å². The van der Waals surface area contributed by atoms with Crippen LogP contribution in [0.1, 0.15) is 20.3 Å². The van der Waals surface area contributed by atoms with E-state index in [9.17, 15) is 0 Å². The van der Waals surface area contributed by atoms with Crippen LogP contribution < -0.4 is 5.32 Å². The molecule has 0 aliphatic carbocycles. The van der Waals surface area contributed by atoms with Crippen LogP contribution in [0.3, 0.4) is 0 Å². The Morgan fingerprint density at radius 3 is 2.81 bits per heavy atom. The van der Waals surface area contributed by atoms with E-state index in [4.69, 9.17) is 5.11 Å². The van der Waals surface area contributed by atoms with Gasteiger partial charge >= 0.3 is 0 Å². The average Bonchev–Trinajstić information content (AvgIpc) is 2.61. The number of hydrogen-bond acceptors (Lipinski definition) is 3. The van der Waals surface area contributed by atoms with Gasteiger partial charge in [-0.05, 0) is 26.3 Å². The first-order valence-corrected chi connectivity index (χ1v) is 6.36. The number of fused-ring (bicyclic) bond motifs is 1. The van der Waals surface area contributed by atoms with Crippen molar-refractivity contribution >= 4 is 27.1 Å². The Hall–Kier alpha value is -1.06. The van der Waals surface area contributed by atoms with Crippen LogP contribution in [0, 0.1) is 0 Å². The van der Waals surface area contributed by atoms with E-state index in [1.165, 1.54) is 15.8 Å². The number of aliphatic hydroxyl groups excluding tert-OH is 1. The third-order valence-corrected chi connectivity index (χ3v) is 3.65. The highest BCUT2D eigenvalue weighted by Crippen LogP contribution is 2.32. The Morgan fingerprint density at radius 2 is 2.06 bits per heavy atom. The van der Waals surface area contributed by atoms with Gasteiger partial charge in [-0.3, -0.25) is 0 Å². The lowest BCUT2D eigenvalue weighted by Gasteiger charge is -2.26. The van der Waals surface area contributed by atoms with Crippen molar-refractivity contribution in [2.24, 2.45) is 0 Å². The maximum atomic E-state index is 9.01. The van der Waals surface area contributed by atoms with E-state index in [0.29, 0.717) is 0 Å². The van der Waals surface area contributed by atoms with Gasteiger partial charge in [-0.1, -0.05) is 18.2 Å². The molecule has 0 saturated heterocycles. The van der Waals surface area contributed by atoms with Crippen molar-refractivity contribution in [1.29, 1.82) is 0 Å². The highest BCUT2D eigenvalue weighted by Gasteiger charge is 2.17. The summed E-state index contributed by atoms with van der Waals surface area (Å²) < 4.78 is 1.30. The number of anilines is 1. The van der Waals surface area contributed by atoms with Gasteiger partial charge in [-0.15, -0.1) is 11.3 Å². The second-order valence-corrected chi connectivity index (χ2v) is 5.54. The molecule has 1 heterocycles. The molecule has 1 aromatic heterocycles. The summed E-state index contributed by atoms with van der Waals surface area (Å²) in [5.41, 5.74) is 1.09. The molecule has 0 atom stereocenters. The topological polar surface area (TPSA) is 32.3 Å². The molecule has 1 aromatic carbocycles. The predicted octanol–water partition coefficient (Wildman–Crippen LogP) is 3.47. The molecule has 0 radical (unpaired) electrons. The van der Waals surface area contributed by atoms with Gasteiger partial charge in [0.2, 0.25) is 0 Å². The fourth-order valence-electron chi connectivity index (χ4n) is 1.78. The molecular formula is C13H17NOS. The summed E-state index contributed by atoms with van der Waals surface area (Å²) in [6, 6.07) is 8.37. The van der Waals surface area contributed by atoms with Crippen LogP contribution in [0.15, 0.2) is 29.6 Å². The maximum Gasteiger partial charge on any atom is 0.0533 e. The van der Waals surface area contributed by atoms with E-state index in [1.54, 1.807) is 11.3 Å². The van der Waals surface area contributed by atoms with Crippen molar-refractivity contribution in [1.82, 2.24) is 0 Å². The maximum absolute atomic E-state index is 9.01. The highest BCUT2D eigenvalue weighted by atomic mass is 32.1. The van der Waals surface area contributed by atoms with E-state index in [1.807, 2.05) is 0 Å². The molecule has 2 aromatic rings. The van der Waals surface area contributed by atoms with E-state index in [2.05, 4.69) is 48.8 Å². The number of nitrogens with one attached hydrogen (secondary N) is 1. The first-order chi connectivity index (χ1) is 7.62. The Morgan fingerprint density at radius 1 is 1.31 bits per heavy atom. The van der Waals surface area contributed by atoms with Crippen LogP contribution in [0.2, 0.25) is 0 Å². The Kier molecular flexibility index (Phi) is 3.17. The van der Waals surface area contributed by atoms with E-state index < -0.39 is 0 Å². The number of thiophene rings is 1. The molecule has 16 heavy (non-hydrogen) atoms. The van der Waals surface area contributed by atoms with Gasteiger partial charge < -0.3 is 10.4 Å². The molecule has 2 N–H and O–H groups in total. The molecule has 86 valence electrons. The summed E-state index contributed by atoms with van der Waals surface area (Å²) in [6.45, 7) is 4.42. The van der Waals surface area contributed by atoms with E-state index in [-0.39, 0.29) is 12.1 Å². The molecule has 0 aliphatic rings. The normalized spacial score (nSPS) is 11.9. The van der Waals surface area contributed by atoms with Gasteiger partial charge in [-0.25, -0.2) is 0 Å². The smallest absolute Gasteiger partial charge is 0.0533 e. The van der Waals surface area contributed by atoms with Gasteiger partial charge in [0.1, 0.15) is 0 Å². The third kappa shape index (κ3) is 2.36. The molecule has 0 unspecified atom stereocenters. The van der Waals surface area contributed by atoms with Crippen LogP contribution in [0.4, 0.5) is 5.69 Å². The first kappa shape index (κ1) is 11.4. The predicted molar refractivity (Wildman–Crippen MR) is 71.2 cm³/mol. The van der Waals surface area contributed by atoms with Gasteiger partial charge in [0.25, 0.3) is 0 Å². The Balaban J connectivity index is 2.27. The molecule has 0 saturated carbocycles. The number of hydrogen-bond donors (Lipinski definition) is 2. The van der Waals surface area contributed by atoms with Crippen molar-refractivity contribution in [2.75, 3.05) is 11.9 Å². The van der Waals surface area contributed by atoms with E-state index >= 15 is 0 Å². The summed E-state index contributed by atoms with van der Waals surface area (Å²) in [5.74, 6) is 0. The molecular weight excluding hydrogens is 218 g/mol. The van der Waals surface area contributed by atoms with Crippen LogP contribution in [-0.2, 0) is 0 Å². The van der Waals surface area contributed by atoms with Crippen molar-refractivity contribution in [3.63, 3.8) is 0 Å².